The van der Waals surface area contributed by atoms with E-state index >= 15 is 0 Å². The van der Waals surface area contributed by atoms with Crippen molar-refractivity contribution in [3.8, 4) is 0 Å². The van der Waals surface area contributed by atoms with E-state index in [1.54, 1.807) is 0 Å². The Bertz CT molecular complexity index is 192. The molecule has 2 heteroatoms. The van der Waals surface area contributed by atoms with Crippen molar-refractivity contribution in [2.45, 2.75) is 77.4 Å². The first kappa shape index (κ1) is 15.0. The second-order valence-corrected chi connectivity index (χ2v) is 6.49. The standard InChI is InChI=1S/C15H31NO/c1-15(2,3)17-12-14(16-4)11-10-13-8-6-5-7-9-13/h13-14,16H,5-12H2,1-4H3. The van der Waals surface area contributed by atoms with Gasteiger partial charge < -0.3 is 10.1 Å². The van der Waals surface area contributed by atoms with Crippen molar-refractivity contribution in [1.82, 2.24) is 5.32 Å². The fourth-order valence-electron chi connectivity index (χ4n) is 2.57. The molecule has 0 aromatic rings. The van der Waals surface area contributed by atoms with Gasteiger partial charge in [0.1, 0.15) is 0 Å². The smallest absolute Gasteiger partial charge is 0.0626 e. The van der Waals surface area contributed by atoms with Gasteiger partial charge in [-0.15, -0.1) is 0 Å². The van der Waals surface area contributed by atoms with Gasteiger partial charge in [-0.25, -0.2) is 0 Å². The molecule has 1 aliphatic carbocycles. The highest BCUT2D eigenvalue weighted by molar-refractivity contribution is 4.72. The van der Waals surface area contributed by atoms with Crippen LogP contribution in [-0.4, -0.2) is 25.3 Å². The molecule has 0 heterocycles. The molecule has 0 bridgehead atoms. The summed E-state index contributed by atoms with van der Waals surface area (Å²) < 4.78 is 5.86. The summed E-state index contributed by atoms with van der Waals surface area (Å²) in [5.41, 5.74) is -0.0139. The molecule has 102 valence electrons. The molecule has 0 radical (unpaired) electrons. The fraction of sp³-hybridized carbons (Fsp3) is 1.00. The van der Waals surface area contributed by atoms with Crippen molar-refractivity contribution < 1.29 is 4.74 Å². The van der Waals surface area contributed by atoms with Crippen LogP contribution in [0.4, 0.5) is 0 Å². The van der Waals surface area contributed by atoms with Crippen LogP contribution >= 0.6 is 0 Å². The van der Waals surface area contributed by atoms with E-state index in [2.05, 4.69) is 33.1 Å². The SMILES string of the molecule is CNC(CCC1CCCCC1)COC(C)(C)C. The van der Waals surface area contributed by atoms with Gasteiger partial charge in [-0.2, -0.15) is 0 Å². The van der Waals surface area contributed by atoms with Crippen LogP contribution in [0.15, 0.2) is 0 Å². The molecule has 0 saturated heterocycles. The molecule has 1 unspecified atom stereocenters. The molecular formula is C15H31NO. The van der Waals surface area contributed by atoms with Crippen molar-refractivity contribution in [3.63, 3.8) is 0 Å². The number of ether oxygens (including phenoxy) is 1. The highest BCUT2D eigenvalue weighted by Gasteiger charge is 2.17. The average molecular weight is 241 g/mol. The third-order valence-electron chi connectivity index (χ3n) is 3.77. The monoisotopic (exact) mass is 241 g/mol. The largest absolute Gasteiger partial charge is 0.374 e. The average Bonchev–Trinajstić information content (AvgIpc) is 2.29. The molecule has 1 atom stereocenters. The Labute approximate surface area is 108 Å². The highest BCUT2D eigenvalue weighted by Crippen LogP contribution is 2.27. The van der Waals surface area contributed by atoms with Gasteiger partial charge in [-0.3, -0.25) is 0 Å². The van der Waals surface area contributed by atoms with Gasteiger partial charge in [0.25, 0.3) is 0 Å². The van der Waals surface area contributed by atoms with E-state index in [4.69, 9.17) is 4.74 Å². The number of hydrogen-bond acceptors (Lipinski definition) is 2. The minimum atomic E-state index is -0.0139. The molecule has 2 nitrogen and oxygen atoms in total. The fourth-order valence-corrected chi connectivity index (χ4v) is 2.57. The normalized spacial score (nSPS) is 20.5. The van der Waals surface area contributed by atoms with Crippen molar-refractivity contribution in [2.24, 2.45) is 5.92 Å². The van der Waals surface area contributed by atoms with E-state index in [1.807, 2.05) is 0 Å². The van der Waals surface area contributed by atoms with E-state index in [1.165, 1.54) is 44.9 Å². The number of nitrogens with one attached hydrogen (secondary N) is 1. The maximum Gasteiger partial charge on any atom is 0.0626 e. The maximum absolute atomic E-state index is 5.86. The van der Waals surface area contributed by atoms with Gasteiger partial charge in [0.15, 0.2) is 0 Å². The van der Waals surface area contributed by atoms with Gasteiger partial charge in [0, 0.05) is 6.04 Å². The van der Waals surface area contributed by atoms with E-state index in [9.17, 15) is 0 Å². The zero-order chi connectivity index (χ0) is 12.7. The molecule has 0 aromatic heterocycles. The Balaban J connectivity index is 2.17. The Hall–Kier alpha value is -0.0800. The number of hydrogen-bond donors (Lipinski definition) is 1. The lowest BCUT2D eigenvalue weighted by Crippen LogP contribution is -2.34. The van der Waals surface area contributed by atoms with Crippen LogP contribution in [0.5, 0.6) is 0 Å². The molecule has 1 N–H and O–H groups in total. The summed E-state index contributed by atoms with van der Waals surface area (Å²) in [6.45, 7) is 7.22. The van der Waals surface area contributed by atoms with Crippen molar-refractivity contribution in [3.05, 3.63) is 0 Å². The van der Waals surface area contributed by atoms with E-state index in [0.29, 0.717) is 6.04 Å². The summed E-state index contributed by atoms with van der Waals surface area (Å²) in [6, 6.07) is 0.524. The van der Waals surface area contributed by atoms with Crippen LogP contribution in [0.25, 0.3) is 0 Å². The van der Waals surface area contributed by atoms with Crippen LogP contribution in [-0.2, 0) is 4.74 Å². The van der Waals surface area contributed by atoms with Crippen molar-refractivity contribution >= 4 is 0 Å². The lowest BCUT2D eigenvalue weighted by molar-refractivity contribution is -0.0153. The zero-order valence-electron chi connectivity index (χ0n) is 12.2. The first-order valence-electron chi connectivity index (χ1n) is 7.32. The summed E-state index contributed by atoms with van der Waals surface area (Å²) >= 11 is 0. The molecule has 17 heavy (non-hydrogen) atoms. The Morgan fingerprint density at radius 3 is 2.35 bits per heavy atom. The summed E-state index contributed by atoms with van der Waals surface area (Å²) in [6.07, 6.45) is 9.91. The Kier molecular flexibility index (Phi) is 6.50. The van der Waals surface area contributed by atoms with Crippen molar-refractivity contribution in [2.75, 3.05) is 13.7 Å². The van der Waals surface area contributed by atoms with Gasteiger partial charge in [0.05, 0.1) is 12.2 Å². The zero-order valence-corrected chi connectivity index (χ0v) is 12.2. The third-order valence-corrected chi connectivity index (χ3v) is 3.77. The van der Waals surface area contributed by atoms with Gasteiger partial charge in [0.2, 0.25) is 0 Å². The summed E-state index contributed by atoms with van der Waals surface area (Å²) in [7, 11) is 2.05. The van der Waals surface area contributed by atoms with E-state index < -0.39 is 0 Å². The molecule has 1 saturated carbocycles. The van der Waals surface area contributed by atoms with Crippen molar-refractivity contribution in [1.29, 1.82) is 0 Å². The third kappa shape index (κ3) is 7.05. The van der Waals surface area contributed by atoms with Crippen LogP contribution in [0.1, 0.15) is 65.7 Å². The Morgan fingerprint density at radius 1 is 1.18 bits per heavy atom. The second-order valence-electron chi connectivity index (χ2n) is 6.49. The molecule has 0 amide bonds. The lowest BCUT2D eigenvalue weighted by Gasteiger charge is -2.27. The minimum absolute atomic E-state index is 0.0139. The lowest BCUT2D eigenvalue weighted by atomic mass is 9.85. The summed E-state index contributed by atoms with van der Waals surface area (Å²) in [4.78, 5) is 0. The topological polar surface area (TPSA) is 21.3 Å². The van der Waals surface area contributed by atoms with Crippen LogP contribution in [0.2, 0.25) is 0 Å². The predicted octanol–water partition coefficient (Wildman–Crippen LogP) is 3.75. The molecule has 0 aliphatic heterocycles. The number of likely N-dealkylation sites (N-methyl/N-ethyl adjacent to an activating group) is 1. The predicted molar refractivity (Wildman–Crippen MR) is 74.4 cm³/mol. The van der Waals surface area contributed by atoms with Gasteiger partial charge >= 0.3 is 0 Å². The first-order valence-corrected chi connectivity index (χ1v) is 7.32. The highest BCUT2D eigenvalue weighted by atomic mass is 16.5. The first-order chi connectivity index (χ1) is 8.01. The van der Waals surface area contributed by atoms with Crippen LogP contribution < -0.4 is 5.32 Å². The van der Waals surface area contributed by atoms with Crippen LogP contribution in [0.3, 0.4) is 0 Å². The van der Waals surface area contributed by atoms with Gasteiger partial charge in [-0.05, 0) is 46.6 Å². The van der Waals surface area contributed by atoms with Crippen LogP contribution in [0, 0.1) is 5.92 Å². The number of rotatable bonds is 6. The molecule has 1 rings (SSSR count). The second kappa shape index (κ2) is 7.38. The molecule has 1 fully saturated rings. The molecule has 0 spiro atoms. The Morgan fingerprint density at radius 2 is 1.82 bits per heavy atom. The summed E-state index contributed by atoms with van der Waals surface area (Å²) in [5.74, 6) is 0.981. The van der Waals surface area contributed by atoms with Gasteiger partial charge in [-0.1, -0.05) is 32.1 Å². The minimum Gasteiger partial charge on any atom is -0.374 e. The molecule has 1 aliphatic rings. The quantitative estimate of drug-likeness (QED) is 0.764. The van der Waals surface area contributed by atoms with E-state index in [-0.39, 0.29) is 5.60 Å². The molecule has 0 aromatic carbocycles. The maximum atomic E-state index is 5.86. The molecular weight excluding hydrogens is 210 g/mol. The summed E-state index contributed by atoms with van der Waals surface area (Å²) in [5, 5.41) is 3.39. The van der Waals surface area contributed by atoms with E-state index in [0.717, 1.165) is 12.5 Å².